The van der Waals surface area contributed by atoms with Crippen LogP contribution in [0, 0.1) is 0 Å². The Morgan fingerprint density at radius 1 is 1.36 bits per heavy atom. The Morgan fingerprint density at radius 2 is 1.91 bits per heavy atom. The van der Waals surface area contributed by atoms with Crippen LogP contribution < -0.4 is 11.1 Å². The van der Waals surface area contributed by atoms with Gasteiger partial charge in [0.1, 0.15) is 0 Å². The van der Waals surface area contributed by atoms with Crippen LogP contribution in [0.25, 0.3) is 0 Å². The van der Waals surface area contributed by atoms with Crippen LogP contribution in [-0.2, 0) is 19.4 Å². The van der Waals surface area contributed by atoms with Gasteiger partial charge in [-0.05, 0) is 0 Å². The maximum absolute atomic E-state index is 5.55. The molecule has 0 amide bonds. The summed E-state index contributed by atoms with van der Waals surface area (Å²) in [5.74, 6) is 0. The van der Waals surface area contributed by atoms with Gasteiger partial charge in [-0.15, -0.1) is 0 Å². The molecule has 0 aliphatic rings. The molecule has 2 nitrogen and oxygen atoms in total. The van der Waals surface area contributed by atoms with Crippen molar-refractivity contribution in [3.8, 4) is 0 Å². The molecule has 11 heavy (non-hydrogen) atoms. The second kappa shape index (κ2) is 3.79. The third-order valence-electron chi connectivity index (χ3n) is 1.40. The Balaban J connectivity index is 2.90. The monoisotopic (exact) mass is 318 g/mol. The number of nitrogen functional groups attached to an aromatic ring is 1. The fraction of sp³-hybridized carbons (Fsp3) is 0.125. The molecule has 0 atom stereocenters. The first-order valence-corrected chi connectivity index (χ1v) is 4.78. The van der Waals surface area contributed by atoms with Gasteiger partial charge in [-0.2, -0.15) is 0 Å². The number of hydrogen-bond acceptors (Lipinski definition) is 2. The van der Waals surface area contributed by atoms with Gasteiger partial charge in [0.2, 0.25) is 0 Å². The van der Waals surface area contributed by atoms with E-state index in [1.54, 1.807) is 0 Å². The van der Waals surface area contributed by atoms with Gasteiger partial charge in [0.15, 0.2) is 0 Å². The molecule has 0 aliphatic heterocycles. The summed E-state index contributed by atoms with van der Waals surface area (Å²) in [6.07, 6.45) is 0. The normalized spacial score (nSPS) is 9.55. The summed E-state index contributed by atoms with van der Waals surface area (Å²) in [4.78, 5) is 0. The molecule has 0 unspecified atom stereocenters. The van der Waals surface area contributed by atoms with Gasteiger partial charge in [0.25, 0.3) is 0 Å². The Kier molecular flexibility index (Phi) is 2.98. The molecule has 0 fully saturated rings. The predicted octanol–water partition coefficient (Wildman–Crippen LogP) is 0.513. The van der Waals surface area contributed by atoms with E-state index in [0.717, 1.165) is 5.69 Å². The van der Waals surface area contributed by atoms with Crippen molar-refractivity contribution in [2.75, 3.05) is 12.8 Å². The zero-order valence-electron chi connectivity index (χ0n) is 6.29. The van der Waals surface area contributed by atoms with Gasteiger partial charge < -0.3 is 0 Å². The van der Waals surface area contributed by atoms with Gasteiger partial charge in [-0.25, -0.2) is 0 Å². The number of benzene rings is 1. The first kappa shape index (κ1) is 8.63. The quantitative estimate of drug-likeness (QED) is 0.780. The van der Waals surface area contributed by atoms with E-state index in [4.69, 9.17) is 5.73 Å². The van der Waals surface area contributed by atoms with Crippen LogP contribution in [0.4, 0.5) is 5.69 Å². The summed E-state index contributed by atoms with van der Waals surface area (Å²) in [5.41, 5.74) is 7.58. The number of nitrogens with one attached hydrogen (secondary N) is 1. The molecule has 0 saturated carbocycles. The van der Waals surface area contributed by atoms with Crippen LogP contribution in [0.2, 0.25) is 0 Å². The van der Waals surface area contributed by atoms with Crippen molar-refractivity contribution in [3.05, 3.63) is 29.8 Å². The molecule has 3 N–H and O–H groups in total. The Hall–Kier alpha value is -0.462. The van der Waals surface area contributed by atoms with Gasteiger partial charge in [0, 0.05) is 0 Å². The first-order valence-electron chi connectivity index (χ1n) is 3.31. The molecular formula is C8H10N2W. The average molecular weight is 318 g/mol. The van der Waals surface area contributed by atoms with E-state index in [1.807, 2.05) is 31.3 Å². The summed E-state index contributed by atoms with van der Waals surface area (Å²) >= 11 is 1.44. The van der Waals surface area contributed by atoms with E-state index in [9.17, 15) is 0 Å². The summed E-state index contributed by atoms with van der Waals surface area (Å²) < 4.78 is 1.24. The predicted molar refractivity (Wildman–Crippen MR) is 44.0 cm³/mol. The zero-order chi connectivity index (χ0) is 8.27. The molecule has 0 spiro atoms. The van der Waals surface area contributed by atoms with Crippen molar-refractivity contribution < 1.29 is 19.4 Å². The van der Waals surface area contributed by atoms with Crippen molar-refractivity contribution in [2.24, 2.45) is 0 Å². The fourth-order valence-corrected chi connectivity index (χ4v) is 1.27. The molecular weight excluding hydrogens is 308 g/mol. The number of hydrogen-bond donors (Lipinski definition) is 2. The summed E-state index contributed by atoms with van der Waals surface area (Å²) in [6, 6.07) is 7.87. The number of anilines is 1. The third-order valence-corrected chi connectivity index (χ3v) is 2.98. The molecule has 1 aromatic carbocycles. The van der Waals surface area contributed by atoms with Crippen LogP contribution in [0.1, 0.15) is 5.56 Å². The molecule has 0 saturated heterocycles. The third kappa shape index (κ3) is 2.24. The Labute approximate surface area is 77.2 Å². The van der Waals surface area contributed by atoms with E-state index in [1.165, 1.54) is 28.9 Å². The second-order valence-corrected chi connectivity index (χ2v) is 3.67. The van der Waals surface area contributed by atoms with Gasteiger partial charge >= 0.3 is 77.0 Å². The molecule has 58 valence electrons. The first-order chi connectivity index (χ1) is 5.24. The van der Waals surface area contributed by atoms with Crippen molar-refractivity contribution in [1.82, 2.24) is 5.32 Å². The average Bonchev–Trinajstić information content (AvgIpc) is 2.05. The van der Waals surface area contributed by atoms with E-state index in [2.05, 4.69) is 5.32 Å². The Morgan fingerprint density at radius 3 is 2.36 bits per heavy atom. The molecule has 0 aromatic heterocycles. The van der Waals surface area contributed by atoms with Crippen LogP contribution in [0.5, 0.6) is 0 Å². The summed E-state index contributed by atoms with van der Waals surface area (Å²) in [5, 5.41) is 3.11. The maximum atomic E-state index is 5.55. The number of nitrogens with two attached hydrogens (primary N) is 1. The topological polar surface area (TPSA) is 38.0 Å². The van der Waals surface area contributed by atoms with E-state index < -0.39 is 0 Å². The van der Waals surface area contributed by atoms with E-state index in [-0.39, 0.29) is 0 Å². The van der Waals surface area contributed by atoms with Crippen molar-refractivity contribution in [3.63, 3.8) is 0 Å². The van der Waals surface area contributed by atoms with E-state index >= 15 is 0 Å². The Bertz CT molecular complexity index is 253. The van der Waals surface area contributed by atoms with Crippen molar-refractivity contribution in [2.45, 2.75) is 0 Å². The second-order valence-electron chi connectivity index (χ2n) is 2.20. The van der Waals surface area contributed by atoms with Crippen LogP contribution in [0.15, 0.2) is 24.3 Å². The minimum absolute atomic E-state index is 0.813. The molecule has 1 rings (SSSR count). The molecule has 1 aromatic rings. The van der Waals surface area contributed by atoms with Crippen molar-refractivity contribution >= 4 is 9.71 Å². The minimum atomic E-state index is 0.813. The van der Waals surface area contributed by atoms with Gasteiger partial charge in [-0.1, -0.05) is 0 Å². The van der Waals surface area contributed by atoms with Crippen LogP contribution >= 0.6 is 0 Å². The summed E-state index contributed by atoms with van der Waals surface area (Å²) in [7, 11) is 1.93. The van der Waals surface area contributed by atoms with Crippen LogP contribution in [0.3, 0.4) is 0 Å². The molecule has 0 heterocycles. The van der Waals surface area contributed by atoms with Crippen LogP contribution in [-0.4, -0.2) is 11.1 Å². The van der Waals surface area contributed by atoms with E-state index in [0.29, 0.717) is 0 Å². The summed E-state index contributed by atoms with van der Waals surface area (Å²) in [6.45, 7) is 0. The SMILES string of the molecule is CN[C](=[W])c1ccc(N)cc1. The molecule has 0 radical (unpaired) electrons. The molecule has 3 heteroatoms. The zero-order valence-corrected chi connectivity index (χ0v) is 9.23. The molecule has 0 bridgehead atoms. The van der Waals surface area contributed by atoms with Gasteiger partial charge in [0.05, 0.1) is 0 Å². The number of rotatable bonds is 2. The standard InChI is InChI=1S/C8H10N2.W/c1-10-6-7-2-4-8(9)5-3-7;/h2-5,10H,9H2,1H3;. The fourth-order valence-electron chi connectivity index (χ4n) is 0.779. The molecule has 0 aliphatic carbocycles. The van der Waals surface area contributed by atoms with Gasteiger partial charge in [-0.3, -0.25) is 0 Å². The van der Waals surface area contributed by atoms with Crippen molar-refractivity contribution in [1.29, 1.82) is 0 Å².